The van der Waals surface area contributed by atoms with E-state index in [2.05, 4.69) is 9.97 Å². The lowest BCUT2D eigenvalue weighted by Crippen LogP contribution is -2.26. The van der Waals surface area contributed by atoms with Crippen LogP contribution in [-0.2, 0) is 4.79 Å². The molecule has 1 aromatic rings. The van der Waals surface area contributed by atoms with E-state index in [1.165, 1.54) is 4.90 Å². The highest BCUT2D eigenvalue weighted by molar-refractivity contribution is 5.72. The van der Waals surface area contributed by atoms with Gasteiger partial charge in [0.15, 0.2) is 0 Å². The highest BCUT2D eigenvalue weighted by atomic mass is 16.5. The van der Waals surface area contributed by atoms with E-state index in [1.807, 2.05) is 6.92 Å². The van der Waals surface area contributed by atoms with Gasteiger partial charge in [-0.3, -0.25) is 4.79 Å². The van der Waals surface area contributed by atoms with Gasteiger partial charge in [0.2, 0.25) is 11.8 Å². The predicted molar refractivity (Wildman–Crippen MR) is 58.7 cm³/mol. The van der Waals surface area contributed by atoms with E-state index in [4.69, 9.17) is 9.84 Å². The fourth-order valence-corrected chi connectivity index (χ4v) is 1.08. The maximum Gasteiger partial charge on any atom is 0.323 e. The van der Waals surface area contributed by atoms with Gasteiger partial charge in [0.05, 0.1) is 6.61 Å². The van der Waals surface area contributed by atoms with Gasteiger partial charge in [-0.15, -0.1) is 0 Å². The molecule has 16 heavy (non-hydrogen) atoms. The molecule has 0 amide bonds. The summed E-state index contributed by atoms with van der Waals surface area (Å²) in [5.41, 5.74) is 0. The summed E-state index contributed by atoms with van der Waals surface area (Å²) in [6.07, 6.45) is 2.44. The van der Waals surface area contributed by atoms with E-state index < -0.39 is 5.97 Å². The molecule has 1 rings (SSSR count). The van der Waals surface area contributed by atoms with Crippen molar-refractivity contribution in [2.45, 2.75) is 13.3 Å². The Bertz CT molecular complexity index is 357. The van der Waals surface area contributed by atoms with E-state index in [-0.39, 0.29) is 6.54 Å². The van der Waals surface area contributed by atoms with Crippen LogP contribution in [0.25, 0.3) is 0 Å². The number of hydrogen-bond acceptors (Lipinski definition) is 5. The topological polar surface area (TPSA) is 75.5 Å². The summed E-state index contributed by atoms with van der Waals surface area (Å²) in [5, 5.41) is 8.63. The number of carboxylic acid groups (broad SMARTS) is 1. The minimum Gasteiger partial charge on any atom is -0.480 e. The van der Waals surface area contributed by atoms with Crippen molar-refractivity contribution in [3.63, 3.8) is 0 Å². The van der Waals surface area contributed by atoms with E-state index in [0.29, 0.717) is 18.4 Å². The molecule has 0 atom stereocenters. The van der Waals surface area contributed by atoms with Crippen molar-refractivity contribution in [1.29, 1.82) is 0 Å². The quantitative estimate of drug-likeness (QED) is 0.771. The first-order valence-corrected chi connectivity index (χ1v) is 5.02. The van der Waals surface area contributed by atoms with Crippen LogP contribution in [-0.4, -0.2) is 41.2 Å². The first-order valence-electron chi connectivity index (χ1n) is 5.02. The van der Waals surface area contributed by atoms with Crippen LogP contribution in [0.1, 0.15) is 13.3 Å². The zero-order valence-electron chi connectivity index (χ0n) is 9.38. The third-order valence-electron chi connectivity index (χ3n) is 1.79. The summed E-state index contributed by atoms with van der Waals surface area (Å²) in [6, 6.07) is 1.65. The van der Waals surface area contributed by atoms with Gasteiger partial charge < -0.3 is 14.7 Å². The Hall–Kier alpha value is -1.85. The fourth-order valence-electron chi connectivity index (χ4n) is 1.08. The standard InChI is InChI=1S/C10H15N3O3/c1-3-6-16-8-4-5-11-10(12-8)13(2)7-9(14)15/h4-5H,3,6-7H2,1-2H3,(H,14,15). The Morgan fingerprint density at radius 3 is 3.00 bits per heavy atom. The second kappa shape index (κ2) is 5.89. The molecule has 0 fully saturated rings. The molecule has 0 aliphatic rings. The second-order valence-electron chi connectivity index (χ2n) is 3.29. The van der Waals surface area contributed by atoms with Crippen LogP contribution in [0.2, 0.25) is 0 Å². The average molecular weight is 225 g/mol. The lowest BCUT2D eigenvalue weighted by molar-refractivity contribution is -0.135. The number of carboxylic acids is 1. The van der Waals surface area contributed by atoms with Gasteiger partial charge in [0.25, 0.3) is 0 Å². The number of likely N-dealkylation sites (N-methyl/N-ethyl adjacent to an activating group) is 1. The number of rotatable bonds is 6. The number of aromatic nitrogens is 2. The Labute approximate surface area is 93.9 Å². The van der Waals surface area contributed by atoms with Crippen molar-refractivity contribution in [1.82, 2.24) is 9.97 Å². The predicted octanol–water partition coefficient (Wildman–Crippen LogP) is 0.786. The fraction of sp³-hybridized carbons (Fsp3) is 0.500. The molecule has 0 saturated heterocycles. The molecule has 0 aliphatic heterocycles. The van der Waals surface area contributed by atoms with Gasteiger partial charge >= 0.3 is 5.97 Å². The Balaban J connectivity index is 2.69. The molecule has 0 saturated carbocycles. The van der Waals surface area contributed by atoms with E-state index >= 15 is 0 Å². The molecule has 0 aromatic carbocycles. The first kappa shape index (κ1) is 12.2. The Morgan fingerprint density at radius 2 is 2.38 bits per heavy atom. The van der Waals surface area contributed by atoms with Crippen LogP contribution in [0.4, 0.5) is 5.95 Å². The highest BCUT2D eigenvalue weighted by Gasteiger charge is 2.09. The van der Waals surface area contributed by atoms with Crippen molar-refractivity contribution in [2.24, 2.45) is 0 Å². The lowest BCUT2D eigenvalue weighted by atomic mass is 10.5. The maximum absolute atomic E-state index is 10.5. The van der Waals surface area contributed by atoms with Crippen LogP contribution < -0.4 is 9.64 Å². The molecular weight excluding hydrogens is 210 g/mol. The molecule has 0 radical (unpaired) electrons. The Morgan fingerprint density at radius 1 is 1.62 bits per heavy atom. The van der Waals surface area contributed by atoms with E-state index in [0.717, 1.165) is 6.42 Å². The number of carbonyl (C=O) groups is 1. The number of aliphatic carboxylic acids is 1. The Kier molecular flexibility index (Phi) is 4.50. The van der Waals surface area contributed by atoms with Gasteiger partial charge in [0, 0.05) is 19.3 Å². The monoisotopic (exact) mass is 225 g/mol. The minimum atomic E-state index is -0.925. The summed E-state index contributed by atoms with van der Waals surface area (Å²) in [4.78, 5) is 20.0. The zero-order valence-corrected chi connectivity index (χ0v) is 9.38. The van der Waals surface area contributed by atoms with E-state index in [9.17, 15) is 4.79 Å². The number of hydrogen-bond donors (Lipinski definition) is 1. The van der Waals surface area contributed by atoms with Gasteiger partial charge in [-0.2, -0.15) is 4.98 Å². The summed E-state index contributed by atoms with van der Waals surface area (Å²) in [6.45, 7) is 2.44. The number of nitrogens with zero attached hydrogens (tertiary/aromatic N) is 3. The van der Waals surface area contributed by atoms with Crippen LogP contribution in [0.3, 0.4) is 0 Å². The van der Waals surface area contributed by atoms with Crippen LogP contribution >= 0.6 is 0 Å². The largest absolute Gasteiger partial charge is 0.480 e. The zero-order chi connectivity index (χ0) is 12.0. The van der Waals surface area contributed by atoms with E-state index in [1.54, 1.807) is 19.3 Å². The second-order valence-corrected chi connectivity index (χ2v) is 3.29. The molecule has 0 aliphatic carbocycles. The molecule has 1 N–H and O–H groups in total. The van der Waals surface area contributed by atoms with Crippen LogP contribution in [0.15, 0.2) is 12.3 Å². The SMILES string of the molecule is CCCOc1ccnc(N(C)CC(=O)O)n1. The summed E-state index contributed by atoms with van der Waals surface area (Å²) in [5.74, 6) is -0.119. The lowest BCUT2D eigenvalue weighted by Gasteiger charge is -2.14. The van der Waals surface area contributed by atoms with Gasteiger partial charge in [-0.1, -0.05) is 6.92 Å². The summed E-state index contributed by atoms with van der Waals surface area (Å²) < 4.78 is 5.33. The molecule has 1 heterocycles. The first-order chi connectivity index (χ1) is 7.63. The summed E-state index contributed by atoms with van der Waals surface area (Å²) in [7, 11) is 1.62. The molecule has 88 valence electrons. The molecule has 0 bridgehead atoms. The normalized spacial score (nSPS) is 9.88. The van der Waals surface area contributed by atoms with Gasteiger partial charge in [-0.05, 0) is 6.42 Å². The molecule has 6 heteroatoms. The van der Waals surface area contributed by atoms with Crippen LogP contribution in [0.5, 0.6) is 5.88 Å². The minimum absolute atomic E-state index is 0.142. The smallest absolute Gasteiger partial charge is 0.323 e. The molecule has 1 aromatic heterocycles. The van der Waals surface area contributed by atoms with Crippen molar-refractivity contribution in [2.75, 3.05) is 25.1 Å². The number of ether oxygens (including phenoxy) is 1. The van der Waals surface area contributed by atoms with Crippen molar-refractivity contribution in [3.8, 4) is 5.88 Å². The summed E-state index contributed by atoms with van der Waals surface area (Å²) >= 11 is 0. The third kappa shape index (κ3) is 3.72. The maximum atomic E-state index is 10.5. The number of anilines is 1. The van der Waals surface area contributed by atoms with Crippen molar-refractivity contribution >= 4 is 11.9 Å². The molecule has 0 spiro atoms. The average Bonchev–Trinajstić information content (AvgIpc) is 2.26. The molecule has 6 nitrogen and oxygen atoms in total. The van der Waals surface area contributed by atoms with Gasteiger partial charge in [-0.25, -0.2) is 4.98 Å². The van der Waals surface area contributed by atoms with Crippen LogP contribution in [0, 0.1) is 0 Å². The molecular formula is C10H15N3O3. The van der Waals surface area contributed by atoms with Crippen molar-refractivity contribution in [3.05, 3.63) is 12.3 Å². The van der Waals surface area contributed by atoms with Crippen molar-refractivity contribution < 1.29 is 14.6 Å². The third-order valence-corrected chi connectivity index (χ3v) is 1.79. The molecule has 0 unspecified atom stereocenters. The highest BCUT2D eigenvalue weighted by Crippen LogP contribution is 2.11. The van der Waals surface area contributed by atoms with Gasteiger partial charge in [0.1, 0.15) is 6.54 Å².